The Balaban J connectivity index is 1.60. The molecule has 2 amide bonds. The second-order valence-electron chi connectivity index (χ2n) is 5.55. The lowest BCUT2D eigenvalue weighted by Gasteiger charge is -2.15. The number of amides is 2. The summed E-state index contributed by atoms with van der Waals surface area (Å²) in [7, 11) is 0. The molecular formula is C17H16BrN3O2. The molecule has 1 fully saturated rings. The van der Waals surface area contributed by atoms with Gasteiger partial charge in [-0.05, 0) is 49.2 Å². The third-order valence-electron chi connectivity index (χ3n) is 3.88. The van der Waals surface area contributed by atoms with Crippen LogP contribution in [0.5, 0.6) is 0 Å². The molecule has 3 rings (SSSR count). The molecule has 1 heterocycles. The number of rotatable bonds is 5. The van der Waals surface area contributed by atoms with Gasteiger partial charge in [-0.2, -0.15) is 0 Å². The predicted molar refractivity (Wildman–Crippen MR) is 90.5 cm³/mol. The lowest BCUT2D eigenvalue weighted by Crippen LogP contribution is -2.39. The normalized spacial score (nSPS) is 14.8. The number of halogens is 1. The van der Waals surface area contributed by atoms with Crippen molar-refractivity contribution in [3.05, 3.63) is 58.8 Å². The average Bonchev–Trinajstić information content (AvgIpc) is 3.38. The van der Waals surface area contributed by atoms with Crippen LogP contribution in [0.15, 0.2) is 53.1 Å². The molecule has 0 radical (unpaired) electrons. The summed E-state index contributed by atoms with van der Waals surface area (Å²) in [5.74, 6) is -0.490. The van der Waals surface area contributed by atoms with Crippen LogP contribution in [0, 0.1) is 5.41 Å². The molecule has 1 aliphatic rings. The summed E-state index contributed by atoms with van der Waals surface area (Å²) in [6, 6.07) is 12.8. The average molecular weight is 374 g/mol. The van der Waals surface area contributed by atoms with E-state index < -0.39 is 5.41 Å². The minimum absolute atomic E-state index is 0.238. The lowest BCUT2D eigenvalue weighted by atomic mass is 10.0. The van der Waals surface area contributed by atoms with Crippen molar-refractivity contribution in [1.82, 2.24) is 10.3 Å². The van der Waals surface area contributed by atoms with Crippen LogP contribution in [0.4, 0.5) is 5.69 Å². The highest BCUT2D eigenvalue weighted by Crippen LogP contribution is 2.46. The maximum absolute atomic E-state index is 12.4. The third kappa shape index (κ3) is 3.59. The summed E-state index contributed by atoms with van der Waals surface area (Å²) in [6.07, 6.45) is 2.82. The number of aromatic nitrogens is 1. The Bertz CT molecular complexity index is 712. The first-order chi connectivity index (χ1) is 11.1. The van der Waals surface area contributed by atoms with Crippen LogP contribution in [0.1, 0.15) is 18.5 Å². The maximum Gasteiger partial charge on any atom is 0.240 e. The Morgan fingerprint density at radius 3 is 2.43 bits per heavy atom. The number of carbonyl (C=O) groups excluding carboxylic acids is 2. The predicted octanol–water partition coefficient (Wildman–Crippen LogP) is 2.88. The first-order valence-electron chi connectivity index (χ1n) is 7.35. The smallest absolute Gasteiger partial charge is 0.240 e. The molecule has 1 aromatic heterocycles. The van der Waals surface area contributed by atoms with Crippen LogP contribution in [0.3, 0.4) is 0 Å². The van der Waals surface area contributed by atoms with Crippen molar-refractivity contribution in [2.24, 2.45) is 5.41 Å². The molecule has 0 atom stereocenters. The Morgan fingerprint density at radius 2 is 1.83 bits per heavy atom. The highest BCUT2D eigenvalue weighted by atomic mass is 79.9. The van der Waals surface area contributed by atoms with Gasteiger partial charge in [-0.25, -0.2) is 0 Å². The lowest BCUT2D eigenvalue weighted by molar-refractivity contribution is -0.134. The summed E-state index contributed by atoms with van der Waals surface area (Å²) in [4.78, 5) is 29.0. The second kappa shape index (κ2) is 6.50. The van der Waals surface area contributed by atoms with Crippen molar-refractivity contribution in [2.75, 3.05) is 5.32 Å². The summed E-state index contributed by atoms with van der Waals surface area (Å²) in [5, 5.41) is 5.62. The van der Waals surface area contributed by atoms with Gasteiger partial charge in [0.05, 0.1) is 12.2 Å². The second-order valence-corrected chi connectivity index (χ2v) is 6.46. The van der Waals surface area contributed by atoms with E-state index in [0.29, 0.717) is 25.1 Å². The van der Waals surface area contributed by atoms with E-state index >= 15 is 0 Å². The zero-order chi connectivity index (χ0) is 16.3. The highest BCUT2D eigenvalue weighted by Gasteiger charge is 2.56. The summed E-state index contributed by atoms with van der Waals surface area (Å²) < 4.78 is 0.935. The molecule has 1 aliphatic carbocycles. The largest absolute Gasteiger partial charge is 0.350 e. The Morgan fingerprint density at radius 1 is 1.09 bits per heavy atom. The minimum Gasteiger partial charge on any atom is -0.350 e. The zero-order valence-corrected chi connectivity index (χ0v) is 14.0. The molecule has 2 aromatic rings. The number of carbonyl (C=O) groups is 2. The van der Waals surface area contributed by atoms with Crippen molar-refractivity contribution >= 4 is 33.4 Å². The molecule has 6 heteroatoms. The summed E-state index contributed by atoms with van der Waals surface area (Å²) in [5.41, 5.74) is 0.508. The van der Waals surface area contributed by atoms with Crippen LogP contribution < -0.4 is 10.6 Å². The van der Waals surface area contributed by atoms with Crippen molar-refractivity contribution in [3.8, 4) is 0 Å². The molecule has 0 unspecified atom stereocenters. The fourth-order valence-corrected chi connectivity index (χ4v) is 2.57. The highest BCUT2D eigenvalue weighted by molar-refractivity contribution is 9.10. The SMILES string of the molecule is O=C(NCc1ccccn1)C1(C(=O)Nc2ccc(Br)cc2)CC1. The van der Waals surface area contributed by atoms with Crippen molar-refractivity contribution in [3.63, 3.8) is 0 Å². The Labute approximate surface area is 142 Å². The van der Waals surface area contributed by atoms with Crippen LogP contribution in [-0.2, 0) is 16.1 Å². The van der Waals surface area contributed by atoms with Gasteiger partial charge in [0.2, 0.25) is 11.8 Å². The van der Waals surface area contributed by atoms with Gasteiger partial charge in [0.1, 0.15) is 5.41 Å². The summed E-state index contributed by atoms with van der Waals surface area (Å²) in [6.45, 7) is 0.326. The van der Waals surface area contributed by atoms with Gasteiger partial charge in [-0.1, -0.05) is 22.0 Å². The number of nitrogens with one attached hydrogen (secondary N) is 2. The summed E-state index contributed by atoms with van der Waals surface area (Å²) >= 11 is 3.35. The number of benzene rings is 1. The molecule has 1 aromatic carbocycles. The van der Waals surface area contributed by atoms with E-state index in [2.05, 4.69) is 31.5 Å². The van der Waals surface area contributed by atoms with Gasteiger partial charge in [0.15, 0.2) is 0 Å². The molecule has 0 saturated heterocycles. The monoisotopic (exact) mass is 373 g/mol. The van der Waals surface area contributed by atoms with E-state index in [-0.39, 0.29) is 11.8 Å². The molecule has 5 nitrogen and oxygen atoms in total. The molecule has 1 saturated carbocycles. The number of hydrogen-bond donors (Lipinski definition) is 2. The van der Waals surface area contributed by atoms with Gasteiger partial charge in [0.25, 0.3) is 0 Å². The van der Waals surface area contributed by atoms with E-state index in [4.69, 9.17) is 0 Å². The van der Waals surface area contributed by atoms with E-state index in [1.807, 2.05) is 30.3 Å². The maximum atomic E-state index is 12.4. The quantitative estimate of drug-likeness (QED) is 0.791. The van der Waals surface area contributed by atoms with E-state index in [1.165, 1.54) is 0 Å². The third-order valence-corrected chi connectivity index (χ3v) is 4.41. The van der Waals surface area contributed by atoms with E-state index in [1.54, 1.807) is 18.3 Å². The van der Waals surface area contributed by atoms with Gasteiger partial charge in [0, 0.05) is 16.4 Å². The zero-order valence-electron chi connectivity index (χ0n) is 12.4. The van der Waals surface area contributed by atoms with Crippen molar-refractivity contribution in [2.45, 2.75) is 19.4 Å². The first kappa shape index (κ1) is 15.7. The van der Waals surface area contributed by atoms with Crippen molar-refractivity contribution in [1.29, 1.82) is 0 Å². The number of hydrogen-bond acceptors (Lipinski definition) is 3. The standard InChI is InChI=1S/C17H16BrN3O2/c18-12-4-6-13(7-5-12)21-16(23)17(8-9-17)15(22)20-11-14-3-1-2-10-19-14/h1-7,10H,8-9,11H2,(H,20,22)(H,21,23). The number of nitrogens with zero attached hydrogens (tertiary/aromatic N) is 1. The number of pyridine rings is 1. The van der Waals surface area contributed by atoms with Crippen LogP contribution in [0.25, 0.3) is 0 Å². The Hall–Kier alpha value is -2.21. The molecule has 0 spiro atoms. The fourth-order valence-electron chi connectivity index (χ4n) is 2.31. The van der Waals surface area contributed by atoms with Gasteiger partial charge in [-0.15, -0.1) is 0 Å². The molecule has 23 heavy (non-hydrogen) atoms. The molecule has 0 aliphatic heterocycles. The van der Waals surface area contributed by atoms with Crippen LogP contribution in [0.2, 0.25) is 0 Å². The first-order valence-corrected chi connectivity index (χ1v) is 8.15. The van der Waals surface area contributed by atoms with E-state index in [9.17, 15) is 9.59 Å². The van der Waals surface area contributed by atoms with Gasteiger partial charge >= 0.3 is 0 Å². The van der Waals surface area contributed by atoms with Crippen LogP contribution in [-0.4, -0.2) is 16.8 Å². The molecule has 118 valence electrons. The van der Waals surface area contributed by atoms with Crippen LogP contribution >= 0.6 is 15.9 Å². The minimum atomic E-state index is -0.943. The topological polar surface area (TPSA) is 71.1 Å². The molecular weight excluding hydrogens is 358 g/mol. The molecule has 2 N–H and O–H groups in total. The number of anilines is 1. The van der Waals surface area contributed by atoms with Gasteiger partial charge in [-0.3, -0.25) is 14.6 Å². The fraction of sp³-hybridized carbons (Fsp3) is 0.235. The van der Waals surface area contributed by atoms with Gasteiger partial charge < -0.3 is 10.6 Å². The molecule has 0 bridgehead atoms. The Kier molecular flexibility index (Phi) is 4.43. The van der Waals surface area contributed by atoms with E-state index in [0.717, 1.165) is 10.2 Å². The van der Waals surface area contributed by atoms with Crippen molar-refractivity contribution < 1.29 is 9.59 Å².